The van der Waals surface area contributed by atoms with E-state index in [1.165, 1.54) is 4.57 Å². The van der Waals surface area contributed by atoms with Gasteiger partial charge < -0.3 is 5.32 Å². The van der Waals surface area contributed by atoms with Gasteiger partial charge in [0.1, 0.15) is 11.5 Å². The first-order valence-corrected chi connectivity index (χ1v) is 8.67. The average molecular weight is 388 g/mol. The van der Waals surface area contributed by atoms with Crippen LogP contribution in [-0.4, -0.2) is 26.1 Å². The molecule has 0 bridgehead atoms. The molecule has 0 aliphatic rings. The molecule has 1 heterocycles. The molecule has 0 saturated carbocycles. The van der Waals surface area contributed by atoms with E-state index in [0.717, 1.165) is 30.0 Å². The second kappa shape index (κ2) is 7.54. The Morgan fingerprint density at radius 2 is 2.07 bits per heavy atom. The number of thioether (sulfide) groups is 1. The summed E-state index contributed by atoms with van der Waals surface area (Å²) in [5.41, 5.74) is -0.368. The topological polar surface area (TPSA) is 107 Å². The number of fused-ring (bicyclic) bond motifs is 1. The van der Waals surface area contributed by atoms with Crippen LogP contribution in [-0.2, 0) is 11.8 Å². The summed E-state index contributed by atoms with van der Waals surface area (Å²) in [4.78, 5) is 39.0. The normalized spacial score (nSPS) is 10.7. The molecule has 2 aromatic carbocycles. The van der Waals surface area contributed by atoms with Crippen LogP contribution in [0.1, 0.15) is 0 Å². The van der Waals surface area contributed by atoms with Crippen LogP contribution in [0.2, 0.25) is 0 Å². The van der Waals surface area contributed by atoms with Crippen LogP contribution in [0.15, 0.2) is 52.4 Å². The highest BCUT2D eigenvalue weighted by Gasteiger charge is 2.18. The third-order valence-electron chi connectivity index (χ3n) is 3.71. The van der Waals surface area contributed by atoms with Gasteiger partial charge in [-0.1, -0.05) is 23.9 Å². The molecule has 0 saturated heterocycles. The zero-order chi connectivity index (χ0) is 19.6. The lowest BCUT2D eigenvalue weighted by atomic mass is 10.2. The number of nitrogens with one attached hydrogen (secondary N) is 1. The Balaban J connectivity index is 1.77. The first-order chi connectivity index (χ1) is 12.9. The zero-order valence-electron chi connectivity index (χ0n) is 14.0. The number of aromatic nitrogens is 2. The van der Waals surface area contributed by atoms with Crippen molar-refractivity contribution >= 4 is 39.9 Å². The van der Waals surface area contributed by atoms with Gasteiger partial charge in [-0.3, -0.25) is 24.3 Å². The Bertz CT molecular complexity index is 1120. The van der Waals surface area contributed by atoms with Crippen molar-refractivity contribution in [3.05, 3.63) is 68.7 Å². The van der Waals surface area contributed by atoms with E-state index in [4.69, 9.17) is 0 Å². The van der Waals surface area contributed by atoms with E-state index in [0.29, 0.717) is 16.1 Å². The Morgan fingerprint density at radius 1 is 1.33 bits per heavy atom. The minimum Gasteiger partial charge on any atom is -0.320 e. The summed E-state index contributed by atoms with van der Waals surface area (Å²) in [6.45, 7) is 0. The molecule has 1 N–H and O–H groups in total. The van der Waals surface area contributed by atoms with E-state index in [1.54, 1.807) is 31.3 Å². The molecule has 138 valence electrons. The predicted molar refractivity (Wildman–Crippen MR) is 99.4 cm³/mol. The molecule has 0 aliphatic carbocycles. The number of carbonyl (C=O) groups excluding carboxylic acids is 1. The van der Waals surface area contributed by atoms with Crippen molar-refractivity contribution in [2.24, 2.45) is 7.05 Å². The number of anilines is 1. The first-order valence-electron chi connectivity index (χ1n) is 7.69. The van der Waals surface area contributed by atoms with Gasteiger partial charge in [-0.25, -0.2) is 9.37 Å². The Hall–Kier alpha value is -3.27. The van der Waals surface area contributed by atoms with E-state index < -0.39 is 22.3 Å². The van der Waals surface area contributed by atoms with Gasteiger partial charge in [-0.15, -0.1) is 0 Å². The quantitative estimate of drug-likeness (QED) is 0.312. The summed E-state index contributed by atoms with van der Waals surface area (Å²) in [6.07, 6.45) is 0. The molecular formula is C17H13FN4O4S. The third kappa shape index (κ3) is 3.95. The van der Waals surface area contributed by atoms with Gasteiger partial charge in [-0.05, 0) is 24.3 Å². The summed E-state index contributed by atoms with van der Waals surface area (Å²) in [5.74, 6) is -1.45. The number of halogens is 1. The third-order valence-corrected chi connectivity index (χ3v) is 4.73. The molecule has 0 radical (unpaired) electrons. The van der Waals surface area contributed by atoms with E-state index in [2.05, 4.69) is 10.3 Å². The van der Waals surface area contributed by atoms with Gasteiger partial charge in [-0.2, -0.15) is 0 Å². The van der Waals surface area contributed by atoms with E-state index in [9.17, 15) is 24.1 Å². The second-order valence-corrected chi connectivity index (χ2v) is 6.47. The number of hydrogen-bond acceptors (Lipinski definition) is 6. The number of amides is 1. The first kappa shape index (κ1) is 18.5. The molecule has 0 unspecified atom stereocenters. The van der Waals surface area contributed by atoms with Crippen LogP contribution >= 0.6 is 11.8 Å². The molecule has 10 heteroatoms. The van der Waals surface area contributed by atoms with Crippen molar-refractivity contribution < 1.29 is 14.1 Å². The number of rotatable bonds is 5. The molecule has 0 spiro atoms. The highest BCUT2D eigenvalue weighted by Crippen LogP contribution is 2.25. The fourth-order valence-electron chi connectivity index (χ4n) is 2.40. The van der Waals surface area contributed by atoms with E-state index in [1.807, 2.05) is 0 Å². The van der Waals surface area contributed by atoms with Crippen LogP contribution < -0.4 is 10.9 Å². The molecule has 8 nitrogen and oxygen atoms in total. The van der Waals surface area contributed by atoms with E-state index >= 15 is 0 Å². The lowest BCUT2D eigenvalue weighted by molar-refractivity contribution is -0.384. The summed E-state index contributed by atoms with van der Waals surface area (Å²) in [5, 5.41) is 14.2. The Kier molecular flexibility index (Phi) is 5.17. The second-order valence-electron chi connectivity index (χ2n) is 5.53. The lowest BCUT2D eigenvalue weighted by Gasteiger charge is -2.09. The summed E-state index contributed by atoms with van der Waals surface area (Å²) < 4.78 is 14.5. The number of nitro benzene ring substituents is 1. The van der Waals surface area contributed by atoms with Crippen LogP contribution in [0.3, 0.4) is 0 Å². The Labute approximate surface area is 156 Å². The van der Waals surface area contributed by atoms with Crippen LogP contribution in [0.4, 0.5) is 15.8 Å². The van der Waals surface area contributed by atoms with Crippen molar-refractivity contribution in [2.75, 3.05) is 11.1 Å². The maximum absolute atomic E-state index is 13.2. The van der Waals surface area contributed by atoms with Crippen LogP contribution in [0, 0.1) is 15.9 Å². The molecule has 0 fully saturated rings. The van der Waals surface area contributed by atoms with Crippen molar-refractivity contribution in [3.63, 3.8) is 0 Å². The molecule has 1 amide bonds. The number of nitrogens with zero attached hydrogens (tertiary/aromatic N) is 3. The maximum atomic E-state index is 13.2. The number of para-hydroxylation sites is 1. The smallest absolute Gasteiger partial charge is 0.295 e. The number of hydrogen-bond donors (Lipinski definition) is 1. The molecular weight excluding hydrogens is 375 g/mol. The average Bonchev–Trinajstić information content (AvgIpc) is 2.65. The number of benzene rings is 2. The fraction of sp³-hybridized carbons (Fsp3) is 0.118. The van der Waals surface area contributed by atoms with Gasteiger partial charge in [0.15, 0.2) is 5.16 Å². The standard InChI is InChI=1S/C17H13FN4O4S/c1-21-16(24)11-4-2-3-5-12(11)20-17(21)27-9-15(23)19-13-7-6-10(18)8-14(13)22(25)26/h2-8H,9H2,1H3,(H,19,23). The van der Waals surface area contributed by atoms with Crippen LogP contribution in [0.25, 0.3) is 10.9 Å². The van der Waals surface area contributed by atoms with Gasteiger partial charge in [0, 0.05) is 7.05 Å². The predicted octanol–water partition coefficient (Wildman–Crippen LogP) is 2.71. The molecule has 27 heavy (non-hydrogen) atoms. The van der Waals surface area contributed by atoms with Gasteiger partial charge >= 0.3 is 0 Å². The molecule has 0 atom stereocenters. The maximum Gasteiger partial charge on any atom is 0.295 e. The largest absolute Gasteiger partial charge is 0.320 e. The van der Waals surface area contributed by atoms with E-state index in [-0.39, 0.29) is 17.0 Å². The number of carbonyl (C=O) groups is 1. The van der Waals surface area contributed by atoms with Crippen molar-refractivity contribution in [2.45, 2.75) is 5.16 Å². The minimum absolute atomic E-state index is 0.104. The van der Waals surface area contributed by atoms with Gasteiger partial charge in [0.25, 0.3) is 11.2 Å². The summed E-state index contributed by atoms with van der Waals surface area (Å²) in [7, 11) is 1.55. The molecule has 3 aromatic rings. The minimum atomic E-state index is -0.777. The van der Waals surface area contributed by atoms with Gasteiger partial charge in [0.2, 0.25) is 5.91 Å². The van der Waals surface area contributed by atoms with Crippen molar-refractivity contribution in [1.29, 1.82) is 0 Å². The fourth-order valence-corrected chi connectivity index (χ4v) is 3.18. The van der Waals surface area contributed by atoms with Crippen molar-refractivity contribution in [1.82, 2.24) is 9.55 Å². The Morgan fingerprint density at radius 3 is 2.81 bits per heavy atom. The van der Waals surface area contributed by atoms with Crippen molar-refractivity contribution in [3.8, 4) is 0 Å². The van der Waals surface area contributed by atoms with Crippen LogP contribution in [0.5, 0.6) is 0 Å². The molecule has 0 aliphatic heterocycles. The lowest BCUT2D eigenvalue weighted by Crippen LogP contribution is -2.21. The molecule has 1 aromatic heterocycles. The highest BCUT2D eigenvalue weighted by atomic mass is 32.2. The SMILES string of the molecule is Cn1c(SCC(=O)Nc2ccc(F)cc2[N+](=O)[O-])nc2ccccc2c1=O. The monoisotopic (exact) mass is 388 g/mol. The summed E-state index contributed by atoms with van der Waals surface area (Å²) in [6, 6.07) is 9.73. The number of nitro groups is 1. The highest BCUT2D eigenvalue weighted by molar-refractivity contribution is 7.99. The summed E-state index contributed by atoms with van der Waals surface area (Å²) >= 11 is 1.02. The van der Waals surface area contributed by atoms with Gasteiger partial charge in [0.05, 0.1) is 27.6 Å². The molecule has 3 rings (SSSR count). The zero-order valence-corrected chi connectivity index (χ0v) is 14.8.